The normalized spacial score (nSPS) is 10.4. The molecule has 2 rings (SSSR count). The van der Waals surface area contributed by atoms with E-state index in [-0.39, 0.29) is 0 Å². The first-order valence-electron chi connectivity index (χ1n) is 7.22. The molecule has 0 aliphatic rings. The maximum atomic E-state index is 5.82. The van der Waals surface area contributed by atoms with Gasteiger partial charge in [-0.05, 0) is 35.9 Å². The number of nitrogens with zero attached hydrogens (tertiary/aromatic N) is 1. The lowest BCUT2D eigenvalue weighted by Crippen LogP contribution is -2.11. The fourth-order valence-corrected chi connectivity index (χ4v) is 2.04. The third kappa shape index (κ3) is 4.76. The first kappa shape index (κ1) is 15.3. The molecule has 112 valence electrons. The second kappa shape index (κ2) is 8.27. The predicted octanol–water partition coefficient (Wildman–Crippen LogP) is 2.82. The predicted molar refractivity (Wildman–Crippen MR) is 83.8 cm³/mol. The molecule has 1 aromatic heterocycles. The van der Waals surface area contributed by atoms with Gasteiger partial charge in [0, 0.05) is 25.4 Å². The second-order valence-electron chi connectivity index (χ2n) is 4.73. The molecular formula is C17H22N2O2. The summed E-state index contributed by atoms with van der Waals surface area (Å²) in [5.74, 6) is 1.55. The van der Waals surface area contributed by atoms with E-state index in [2.05, 4.69) is 23.3 Å². The van der Waals surface area contributed by atoms with Crippen LogP contribution in [0.15, 0.2) is 42.7 Å². The molecule has 0 saturated heterocycles. The van der Waals surface area contributed by atoms with Crippen LogP contribution in [0.1, 0.15) is 18.1 Å². The number of ether oxygens (including phenoxy) is 2. The first-order valence-corrected chi connectivity index (χ1v) is 7.22. The van der Waals surface area contributed by atoms with Gasteiger partial charge >= 0.3 is 0 Å². The van der Waals surface area contributed by atoms with Crippen molar-refractivity contribution in [1.82, 2.24) is 10.3 Å². The number of hydrogen-bond acceptors (Lipinski definition) is 4. The molecule has 0 radical (unpaired) electrons. The molecule has 0 spiro atoms. The van der Waals surface area contributed by atoms with Gasteiger partial charge in [0.2, 0.25) is 0 Å². The number of benzene rings is 1. The van der Waals surface area contributed by atoms with Crippen molar-refractivity contribution in [1.29, 1.82) is 0 Å². The van der Waals surface area contributed by atoms with E-state index in [4.69, 9.17) is 9.47 Å². The Balaban J connectivity index is 1.93. The van der Waals surface area contributed by atoms with Crippen LogP contribution >= 0.6 is 0 Å². The van der Waals surface area contributed by atoms with E-state index in [1.54, 1.807) is 13.3 Å². The zero-order chi connectivity index (χ0) is 14.9. The Bertz CT molecular complexity index is 544. The maximum Gasteiger partial charge on any atom is 0.161 e. The lowest BCUT2D eigenvalue weighted by molar-refractivity contribution is 0.297. The SMILES string of the molecule is CCNCc1ccc(OCCc2cccnc2)c(OC)c1. The molecule has 4 nitrogen and oxygen atoms in total. The summed E-state index contributed by atoms with van der Waals surface area (Å²) in [6.07, 6.45) is 4.46. The summed E-state index contributed by atoms with van der Waals surface area (Å²) in [5.41, 5.74) is 2.36. The number of nitrogens with one attached hydrogen (secondary N) is 1. The van der Waals surface area contributed by atoms with Crippen LogP contribution in [0, 0.1) is 0 Å². The van der Waals surface area contributed by atoms with E-state index in [0.717, 1.165) is 31.0 Å². The summed E-state index contributed by atoms with van der Waals surface area (Å²) in [4.78, 5) is 4.10. The highest BCUT2D eigenvalue weighted by Crippen LogP contribution is 2.28. The Morgan fingerprint density at radius 2 is 2.05 bits per heavy atom. The molecule has 0 fully saturated rings. The highest BCUT2D eigenvalue weighted by Gasteiger charge is 2.06. The van der Waals surface area contributed by atoms with Crippen molar-refractivity contribution in [2.75, 3.05) is 20.3 Å². The van der Waals surface area contributed by atoms with E-state index >= 15 is 0 Å². The van der Waals surface area contributed by atoms with Crippen LogP contribution in [0.3, 0.4) is 0 Å². The van der Waals surface area contributed by atoms with Crippen LogP contribution in [0.25, 0.3) is 0 Å². The van der Waals surface area contributed by atoms with Crippen molar-refractivity contribution in [3.05, 3.63) is 53.9 Å². The van der Waals surface area contributed by atoms with Gasteiger partial charge in [0.25, 0.3) is 0 Å². The van der Waals surface area contributed by atoms with Crippen molar-refractivity contribution in [3.63, 3.8) is 0 Å². The molecule has 0 amide bonds. The summed E-state index contributed by atoms with van der Waals surface area (Å²) < 4.78 is 11.2. The lowest BCUT2D eigenvalue weighted by atomic mass is 10.2. The van der Waals surface area contributed by atoms with Gasteiger partial charge < -0.3 is 14.8 Å². The molecule has 4 heteroatoms. The topological polar surface area (TPSA) is 43.4 Å². The molecule has 0 aliphatic heterocycles. The van der Waals surface area contributed by atoms with Gasteiger partial charge in [0.1, 0.15) is 0 Å². The van der Waals surface area contributed by atoms with Gasteiger partial charge in [-0.15, -0.1) is 0 Å². The van der Waals surface area contributed by atoms with Crippen LogP contribution < -0.4 is 14.8 Å². The molecule has 2 aromatic rings. The van der Waals surface area contributed by atoms with Crippen molar-refractivity contribution >= 4 is 0 Å². The highest BCUT2D eigenvalue weighted by atomic mass is 16.5. The molecule has 0 unspecified atom stereocenters. The molecule has 0 bridgehead atoms. The maximum absolute atomic E-state index is 5.82. The quantitative estimate of drug-likeness (QED) is 0.810. The summed E-state index contributed by atoms with van der Waals surface area (Å²) in [5, 5.41) is 3.30. The fourth-order valence-electron chi connectivity index (χ4n) is 2.04. The standard InChI is InChI=1S/C17H22N2O2/c1-3-18-13-15-6-7-16(17(11-15)20-2)21-10-8-14-5-4-9-19-12-14/h4-7,9,11-12,18H,3,8,10,13H2,1-2H3. The van der Waals surface area contributed by atoms with Crippen molar-refractivity contribution < 1.29 is 9.47 Å². The van der Waals surface area contributed by atoms with Gasteiger partial charge in [-0.2, -0.15) is 0 Å². The molecule has 21 heavy (non-hydrogen) atoms. The third-order valence-corrected chi connectivity index (χ3v) is 3.18. The number of methoxy groups -OCH3 is 1. The number of hydrogen-bond donors (Lipinski definition) is 1. The van der Waals surface area contributed by atoms with Crippen LogP contribution in [0.2, 0.25) is 0 Å². The summed E-state index contributed by atoms with van der Waals surface area (Å²) in [6, 6.07) is 10.0. The van der Waals surface area contributed by atoms with Gasteiger partial charge in [0.05, 0.1) is 13.7 Å². The molecular weight excluding hydrogens is 264 g/mol. The van der Waals surface area contributed by atoms with Crippen LogP contribution in [0.5, 0.6) is 11.5 Å². The average molecular weight is 286 g/mol. The van der Waals surface area contributed by atoms with Gasteiger partial charge in [-0.3, -0.25) is 4.98 Å². The lowest BCUT2D eigenvalue weighted by Gasteiger charge is -2.12. The van der Waals surface area contributed by atoms with E-state index in [1.807, 2.05) is 30.5 Å². The Kier molecular flexibility index (Phi) is 6.03. The molecule has 1 aromatic carbocycles. The van der Waals surface area contributed by atoms with Gasteiger partial charge in [-0.1, -0.05) is 19.1 Å². The zero-order valence-electron chi connectivity index (χ0n) is 12.6. The Labute approximate surface area is 126 Å². The zero-order valence-corrected chi connectivity index (χ0v) is 12.6. The van der Waals surface area contributed by atoms with Crippen LogP contribution in [0.4, 0.5) is 0 Å². The van der Waals surface area contributed by atoms with Crippen molar-refractivity contribution in [3.8, 4) is 11.5 Å². The molecule has 0 atom stereocenters. The molecule has 0 saturated carbocycles. The van der Waals surface area contributed by atoms with E-state index in [9.17, 15) is 0 Å². The summed E-state index contributed by atoms with van der Waals surface area (Å²) in [6.45, 7) is 4.48. The van der Waals surface area contributed by atoms with Crippen molar-refractivity contribution in [2.45, 2.75) is 19.9 Å². The van der Waals surface area contributed by atoms with E-state index in [1.165, 1.54) is 11.1 Å². The summed E-state index contributed by atoms with van der Waals surface area (Å²) in [7, 11) is 1.67. The van der Waals surface area contributed by atoms with Crippen molar-refractivity contribution in [2.24, 2.45) is 0 Å². The Morgan fingerprint density at radius 3 is 2.76 bits per heavy atom. The Hall–Kier alpha value is -2.07. The second-order valence-corrected chi connectivity index (χ2v) is 4.73. The van der Waals surface area contributed by atoms with E-state index in [0.29, 0.717) is 6.61 Å². The number of rotatable bonds is 8. The molecule has 0 aliphatic carbocycles. The fraction of sp³-hybridized carbons (Fsp3) is 0.353. The minimum absolute atomic E-state index is 0.606. The van der Waals surface area contributed by atoms with Gasteiger partial charge in [-0.25, -0.2) is 0 Å². The summed E-state index contributed by atoms with van der Waals surface area (Å²) >= 11 is 0. The smallest absolute Gasteiger partial charge is 0.161 e. The van der Waals surface area contributed by atoms with Crippen LogP contribution in [-0.2, 0) is 13.0 Å². The average Bonchev–Trinajstić information content (AvgIpc) is 2.54. The largest absolute Gasteiger partial charge is 0.493 e. The minimum Gasteiger partial charge on any atom is -0.493 e. The van der Waals surface area contributed by atoms with Crippen LogP contribution in [-0.4, -0.2) is 25.2 Å². The number of aromatic nitrogens is 1. The van der Waals surface area contributed by atoms with E-state index < -0.39 is 0 Å². The highest BCUT2D eigenvalue weighted by molar-refractivity contribution is 5.43. The molecule has 1 heterocycles. The minimum atomic E-state index is 0.606. The molecule has 1 N–H and O–H groups in total. The number of pyridine rings is 1. The van der Waals surface area contributed by atoms with Gasteiger partial charge in [0.15, 0.2) is 11.5 Å². The first-order chi connectivity index (χ1) is 10.3. The Morgan fingerprint density at radius 1 is 1.14 bits per heavy atom. The third-order valence-electron chi connectivity index (χ3n) is 3.18. The monoisotopic (exact) mass is 286 g/mol.